The van der Waals surface area contributed by atoms with Crippen LogP contribution in [0.25, 0.3) is 0 Å². The number of ether oxygens (including phenoxy) is 1. The molecule has 26 heavy (non-hydrogen) atoms. The molecule has 6 heteroatoms. The normalized spacial score (nSPS) is 17.5. The summed E-state index contributed by atoms with van der Waals surface area (Å²) in [6.45, 7) is 12.7. The van der Waals surface area contributed by atoms with E-state index in [1.54, 1.807) is 0 Å². The van der Waals surface area contributed by atoms with Gasteiger partial charge in [0.25, 0.3) is 0 Å². The van der Waals surface area contributed by atoms with Crippen LogP contribution >= 0.6 is 0 Å². The highest BCUT2D eigenvalue weighted by Gasteiger charge is 2.21. The van der Waals surface area contributed by atoms with Gasteiger partial charge in [0.15, 0.2) is 0 Å². The van der Waals surface area contributed by atoms with Gasteiger partial charge >= 0.3 is 0 Å². The molecule has 1 heterocycles. The van der Waals surface area contributed by atoms with Crippen LogP contribution in [-0.4, -0.2) is 78.9 Å². The molecule has 0 spiro atoms. The number of hydrogen-bond donors (Lipinski definition) is 2. The first-order chi connectivity index (χ1) is 12.3. The number of hydrogen-bond acceptors (Lipinski definition) is 5. The highest BCUT2D eigenvalue weighted by atomic mass is 16.5. The number of nitrogens with zero attached hydrogens (tertiary/aromatic N) is 2. The van der Waals surface area contributed by atoms with Crippen molar-refractivity contribution in [2.75, 3.05) is 51.2 Å². The van der Waals surface area contributed by atoms with E-state index in [9.17, 15) is 9.90 Å². The van der Waals surface area contributed by atoms with Gasteiger partial charge in [-0.15, -0.1) is 0 Å². The fraction of sp³-hybridized carbons (Fsp3) is 0.650. The van der Waals surface area contributed by atoms with E-state index in [1.807, 2.05) is 45.9 Å². The molecule has 1 aromatic rings. The maximum absolute atomic E-state index is 12.4. The number of β-amino-alcohol motifs (C(OH)–C–C–N with tert-alkyl or cyclic N) is 1. The number of rotatable bonds is 8. The van der Waals surface area contributed by atoms with Gasteiger partial charge in [-0.3, -0.25) is 14.6 Å². The third-order valence-corrected chi connectivity index (χ3v) is 4.67. The molecule has 1 aliphatic rings. The van der Waals surface area contributed by atoms with Gasteiger partial charge in [-0.1, -0.05) is 18.2 Å². The number of aryl methyl sites for hydroxylation is 2. The monoisotopic (exact) mass is 365 g/mol. The molecule has 1 saturated heterocycles. The van der Waals surface area contributed by atoms with Crippen molar-refractivity contribution in [1.29, 1.82) is 0 Å². The van der Waals surface area contributed by atoms with Crippen molar-refractivity contribution in [3.05, 3.63) is 29.3 Å². The summed E-state index contributed by atoms with van der Waals surface area (Å²) in [4.78, 5) is 16.8. The minimum absolute atomic E-state index is 0. The van der Waals surface area contributed by atoms with Crippen LogP contribution in [0.1, 0.15) is 26.4 Å². The quantitative estimate of drug-likeness (QED) is 0.737. The molecular weight excluding hydrogens is 330 g/mol. The van der Waals surface area contributed by atoms with Crippen molar-refractivity contribution in [2.24, 2.45) is 0 Å². The molecule has 1 aromatic carbocycles. The number of para-hydroxylation sites is 1. The van der Waals surface area contributed by atoms with Gasteiger partial charge in [0.1, 0.15) is 0 Å². The molecule has 2 rings (SSSR count). The van der Waals surface area contributed by atoms with Gasteiger partial charge in [0.05, 0.1) is 25.4 Å². The zero-order chi connectivity index (χ0) is 19.1. The second kappa shape index (κ2) is 10.0. The zero-order valence-corrected chi connectivity index (χ0v) is 16.5. The lowest BCUT2D eigenvalue weighted by Gasteiger charge is -2.35. The molecule has 0 saturated carbocycles. The molecule has 0 aliphatic carbocycles. The smallest absolute Gasteiger partial charge is 0.238 e. The van der Waals surface area contributed by atoms with Gasteiger partial charge in [0, 0.05) is 39.8 Å². The van der Waals surface area contributed by atoms with Crippen LogP contribution in [0.4, 0.5) is 5.69 Å². The van der Waals surface area contributed by atoms with Crippen LogP contribution in [0.3, 0.4) is 0 Å². The van der Waals surface area contributed by atoms with E-state index in [1.165, 1.54) is 0 Å². The Balaban J connectivity index is 0.00000364. The van der Waals surface area contributed by atoms with Crippen molar-refractivity contribution < 1.29 is 16.1 Å². The Bertz CT molecular complexity index is 570. The Morgan fingerprint density at radius 3 is 2.35 bits per heavy atom. The summed E-state index contributed by atoms with van der Waals surface area (Å²) in [6, 6.07) is 6.02. The van der Waals surface area contributed by atoms with Crippen LogP contribution in [0.5, 0.6) is 0 Å². The van der Waals surface area contributed by atoms with Crippen molar-refractivity contribution in [1.82, 2.24) is 9.80 Å². The van der Waals surface area contributed by atoms with Crippen LogP contribution in [0.15, 0.2) is 18.2 Å². The fourth-order valence-electron chi connectivity index (χ4n) is 3.18. The number of anilines is 1. The van der Waals surface area contributed by atoms with Crippen LogP contribution in [-0.2, 0) is 9.53 Å². The molecule has 1 fully saturated rings. The fourth-order valence-corrected chi connectivity index (χ4v) is 3.18. The summed E-state index contributed by atoms with van der Waals surface area (Å²) in [5, 5.41) is 13.1. The number of aliphatic hydroxyl groups excluding tert-OH is 1. The topological polar surface area (TPSA) is 65.0 Å². The minimum atomic E-state index is -0.462. The number of carbonyl (C=O) groups excluding carboxylic acids is 1. The highest BCUT2D eigenvalue weighted by molar-refractivity contribution is 5.93. The van der Waals surface area contributed by atoms with Crippen molar-refractivity contribution >= 4 is 11.6 Å². The standard InChI is InChI=1S/C20H33N3O3.H2/c1-15(2)26-14-18(24)12-22-8-10-23(11-9-22)13-19(25)21-20-16(3)6-5-7-17(20)4;/h5-7,15,18,24H,8-14H2,1-4H3,(H,21,25);1H. The molecule has 1 unspecified atom stereocenters. The zero-order valence-electron chi connectivity index (χ0n) is 16.5. The lowest BCUT2D eigenvalue weighted by Crippen LogP contribution is -2.50. The Kier molecular flexibility index (Phi) is 8.03. The molecule has 148 valence electrons. The highest BCUT2D eigenvalue weighted by Crippen LogP contribution is 2.19. The van der Waals surface area contributed by atoms with E-state index in [0.29, 0.717) is 19.7 Å². The Labute approximate surface area is 158 Å². The summed E-state index contributed by atoms with van der Waals surface area (Å²) in [5.41, 5.74) is 3.09. The number of carbonyl (C=O) groups is 1. The predicted molar refractivity (Wildman–Crippen MR) is 107 cm³/mol. The Morgan fingerprint density at radius 2 is 1.77 bits per heavy atom. The van der Waals surface area contributed by atoms with E-state index in [4.69, 9.17) is 4.74 Å². The third-order valence-electron chi connectivity index (χ3n) is 4.67. The molecule has 0 radical (unpaired) electrons. The van der Waals surface area contributed by atoms with Gasteiger partial charge in [-0.2, -0.15) is 0 Å². The second-order valence-electron chi connectivity index (χ2n) is 7.43. The van der Waals surface area contributed by atoms with Gasteiger partial charge < -0.3 is 15.2 Å². The molecule has 2 N–H and O–H groups in total. The molecule has 1 amide bonds. The van der Waals surface area contributed by atoms with Gasteiger partial charge in [-0.05, 0) is 38.8 Å². The van der Waals surface area contributed by atoms with Gasteiger partial charge in [-0.25, -0.2) is 0 Å². The predicted octanol–water partition coefficient (Wildman–Crippen LogP) is 1.89. The maximum Gasteiger partial charge on any atom is 0.238 e. The number of piperazine rings is 1. The maximum atomic E-state index is 12.4. The van der Waals surface area contributed by atoms with Crippen LogP contribution in [0.2, 0.25) is 0 Å². The summed E-state index contributed by atoms with van der Waals surface area (Å²) in [6.07, 6.45) is -0.326. The lowest BCUT2D eigenvalue weighted by molar-refractivity contribution is -0.117. The van der Waals surface area contributed by atoms with Crippen LogP contribution in [0, 0.1) is 13.8 Å². The van der Waals surface area contributed by atoms with E-state index >= 15 is 0 Å². The Morgan fingerprint density at radius 1 is 1.19 bits per heavy atom. The van der Waals surface area contributed by atoms with Crippen molar-refractivity contribution in [2.45, 2.75) is 39.9 Å². The molecule has 1 atom stereocenters. The van der Waals surface area contributed by atoms with E-state index in [0.717, 1.165) is 43.0 Å². The SMILES string of the molecule is Cc1cccc(C)c1NC(=O)CN1CCN(CC(O)COC(C)C)CC1.[HH]. The van der Waals surface area contributed by atoms with Crippen molar-refractivity contribution in [3.63, 3.8) is 0 Å². The average molecular weight is 366 g/mol. The molecule has 6 nitrogen and oxygen atoms in total. The molecule has 0 aromatic heterocycles. The average Bonchev–Trinajstić information content (AvgIpc) is 2.58. The van der Waals surface area contributed by atoms with E-state index in [2.05, 4.69) is 15.1 Å². The summed E-state index contributed by atoms with van der Waals surface area (Å²) >= 11 is 0. The Hall–Kier alpha value is -1.47. The van der Waals surface area contributed by atoms with Crippen molar-refractivity contribution in [3.8, 4) is 0 Å². The number of benzene rings is 1. The summed E-state index contributed by atoms with van der Waals surface area (Å²) in [5.74, 6) is 0.0289. The number of aliphatic hydroxyl groups is 1. The van der Waals surface area contributed by atoms with Gasteiger partial charge in [0.2, 0.25) is 5.91 Å². The largest absolute Gasteiger partial charge is 0.389 e. The first kappa shape index (κ1) is 20.8. The van der Waals surface area contributed by atoms with E-state index in [-0.39, 0.29) is 13.4 Å². The summed E-state index contributed by atoms with van der Waals surface area (Å²) in [7, 11) is 0. The third kappa shape index (κ3) is 6.68. The first-order valence-corrected chi connectivity index (χ1v) is 9.45. The number of amides is 1. The lowest BCUT2D eigenvalue weighted by atomic mass is 10.1. The molecule has 0 bridgehead atoms. The minimum Gasteiger partial charge on any atom is -0.389 e. The number of nitrogens with one attached hydrogen (secondary N) is 1. The van der Waals surface area contributed by atoms with Crippen LogP contribution < -0.4 is 5.32 Å². The first-order valence-electron chi connectivity index (χ1n) is 9.45. The summed E-state index contributed by atoms with van der Waals surface area (Å²) < 4.78 is 5.45. The van der Waals surface area contributed by atoms with E-state index < -0.39 is 6.10 Å². The second-order valence-corrected chi connectivity index (χ2v) is 7.43. The molecular formula is C20H35N3O3. The molecule has 1 aliphatic heterocycles.